The molecule has 0 saturated carbocycles. The molecule has 2 aromatic heterocycles. The fraction of sp³-hybridized carbons (Fsp3) is 0.455. The van der Waals surface area contributed by atoms with E-state index in [0.29, 0.717) is 21.9 Å². The van der Waals surface area contributed by atoms with Crippen molar-refractivity contribution in [3.8, 4) is 0 Å². The Bertz CT molecular complexity index is 667. The molecule has 7 nitrogen and oxygen atoms in total. The summed E-state index contributed by atoms with van der Waals surface area (Å²) in [5, 5.41) is 19.5. The van der Waals surface area contributed by atoms with Gasteiger partial charge in [-0.1, -0.05) is 0 Å². The molecule has 3 atom stereocenters. The summed E-state index contributed by atoms with van der Waals surface area (Å²) in [5.74, 6) is 0. The van der Waals surface area contributed by atoms with Gasteiger partial charge in [0.1, 0.15) is 6.10 Å². The van der Waals surface area contributed by atoms with Crippen LogP contribution in [0.25, 0.3) is 11.0 Å². The number of halogens is 1. The third kappa shape index (κ3) is 2.00. The number of hydrogen-bond acceptors (Lipinski definition) is 5. The van der Waals surface area contributed by atoms with Crippen molar-refractivity contribution in [2.45, 2.75) is 24.9 Å². The predicted octanol–water partition coefficient (Wildman–Crippen LogP) is 0.128. The molecule has 3 heterocycles. The van der Waals surface area contributed by atoms with E-state index in [9.17, 15) is 9.90 Å². The van der Waals surface area contributed by atoms with Gasteiger partial charge in [0.2, 0.25) is 0 Å². The first-order valence-electron chi connectivity index (χ1n) is 5.80. The maximum absolute atomic E-state index is 11.7. The number of nitrogens with zero attached hydrogens (tertiary/aromatic N) is 2. The molecule has 0 radical (unpaired) electrons. The van der Waals surface area contributed by atoms with Crippen molar-refractivity contribution in [2.75, 3.05) is 6.61 Å². The molecule has 102 valence electrons. The molecule has 2 aromatic rings. The van der Waals surface area contributed by atoms with E-state index in [0.717, 1.165) is 0 Å². The second-order valence-electron chi connectivity index (χ2n) is 4.45. The number of aliphatic hydroxyl groups excluding tert-OH is 2. The van der Waals surface area contributed by atoms with Crippen molar-refractivity contribution in [1.82, 2.24) is 14.5 Å². The summed E-state index contributed by atoms with van der Waals surface area (Å²) in [4.78, 5) is 18.4. The average Bonchev–Trinajstić information content (AvgIpc) is 2.91. The fourth-order valence-corrected chi connectivity index (χ4v) is 2.92. The minimum atomic E-state index is -0.749. The van der Waals surface area contributed by atoms with Crippen LogP contribution in [-0.2, 0) is 4.74 Å². The first-order valence-corrected chi connectivity index (χ1v) is 6.59. The fourth-order valence-electron chi connectivity index (χ4n) is 2.34. The number of H-pyrrole nitrogens is 1. The second kappa shape index (κ2) is 4.71. The van der Waals surface area contributed by atoms with Gasteiger partial charge in [-0.2, -0.15) is 0 Å². The number of aliphatic hydroxyl groups is 2. The molecule has 1 fully saturated rings. The Morgan fingerprint density at radius 1 is 1.63 bits per heavy atom. The van der Waals surface area contributed by atoms with Crippen LogP contribution in [0.1, 0.15) is 12.6 Å². The largest absolute Gasteiger partial charge is 0.394 e. The predicted molar refractivity (Wildman–Crippen MR) is 69.7 cm³/mol. The Morgan fingerprint density at radius 3 is 3.11 bits per heavy atom. The average molecular weight is 330 g/mol. The molecular weight excluding hydrogens is 318 g/mol. The zero-order chi connectivity index (χ0) is 13.6. The lowest BCUT2D eigenvalue weighted by molar-refractivity contribution is -0.0484. The second-order valence-corrected chi connectivity index (χ2v) is 5.30. The van der Waals surface area contributed by atoms with Crippen LogP contribution in [0, 0.1) is 0 Å². The molecule has 0 bridgehead atoms. The molecule has 0 unspecified atom stereocenters. The van der Waals surface area contributed by atoms with E-state index in [-0.39, 0.29) is 12.2 Å². The Balaban J connectivity index is 2.12. The smallest absolute Gasteiger partial charge is 0.261 e. The van der Waals surface area contributed by atoms with Gasteiger partial charge in [0, 0.05) is 12.6 Å². The summed E-state index contributed by atoms with van der Waals surface area (Å²) in [6, 6.07) is 0. The Hall–Kier alpha value is -1.22. The molecule has 0 amide bonds. The molecule has 3 N–H and O–H groups in total. The maximum atomic E-state index is 11.7. The Kier molecular flexibility index (Phi) is 3.17. The van der Waals surface area contributed by atoms with Crippen LogP contribution in [0.3, 0.4) is 0 Å². The van der Waals surface area contributed by atoms with E-state index in [1.807, 2.05) is 0 Å². The van der Waals surface area contributed by atoms with Crippen LogP contribution in [0.4, 0.5) is 0 Å². The number of aromatic amines is 1. The number of fused-ring (bicyclic) bond motifs is 1. The van der Waals surface area contributed by atoms with Crippen LogP contribution in [0.2, 0.25) is 0 Å². The summed E-state index contributed by atoms with van der Waals surface area (Å²) in [6.45, 7) is -0.151. The highest BCUT2D eigenvalue weighted by Crippen LogP contribution is 2.33. The van der Waals surface area contributed by atoms with Crippen molar-refractivity contribution < 1.29 is 14.9 Å². The van der Waals surface area contributed by atoms with Crippen molar-refractivity contribution >= 4 is 27.0 Å². The SMILES string of the molecule is O=c1[nH]cnc2c1c(Br)cn2[C@@H]1O[C@H](CO)C[C@H]1O. The molecule has 0 aliphatic carbocycles. The van der Waals surface area contributed by atoms with Crippen molar-refractivity contribution in [3.05, 3.63) is 27.4 Å². The van der Waals surface area contributed by atoms with Crippen LogP contribution in [0.5, 0.6) is 0 Å². The molecular formula is C11H12BrN3O4. The van der Waals surface area contributed by atoms with Crippen LogP contribution >= 0.6 is 15.9 Å². The third-order valence-electron chi connectivity index (χ3n) is 3.21. The van der Waals surface area contributed by atoms with E-state index in [2.05, 4.69) is 25.9 Å². The van der Waals surface area contributed by atoms with Gasteiger partial charge in [0.05, 0.1) is 28.9 Å². The maximum Gasteiger partial charge on any atom is 0.261 e. The first-order chi connectivity index (χ1) is 9.11. The van der Waals surface area contributed by atoms with Gasteiger partial charge in [-0.25, -0.2) is 4.98 Å². The zero-order valence-electron chi connectivity index (χ0n) is 9.78. The van der Waals surface area contributed by atoms with Crippen LogP contribution in [-0.4, -0.2) is 43.6 Å². The highest BCUT2D eigenvalue weighted by atomic mass is 79.9. The lowest BCUT2D eigenvalue weighted by Gasteiger charge is -2.16. The third-order valence-corrected chi connectivity index (χ3v) is 3.81. The molecule has 1 aliphatic rings. The van der Waals surface area contributed by atoms with Gasteiger partial charge in [0.15, 0.2) is 11.9 Å². The van der Waals surface area contributed by atoms with Gasteiger partial charge in [-0.3, -0.25) is 4.79 Å². The molecule has 1 aliphatic heterocycles. The van der Waals surface area contributed by atoms with Crippen LogP contribution < -0.4 is 5.56 Å². The van der Waals surface area contributed by atoms with Gasteiger partial charge in [0.25, 0.3) is 5.56 Å². The van der Waals surface area contributed by atoms with Crippen molar-refractivity contribution in [2.24, 2.45) is 0 Å². The molecule has 0 aromatic carbocycles. The molecule has 8 heteroatoms. The molecule has 19 heavy (non-hydrogen) atoms. The number of rotatable bonds is 2. The normalized spacial score (nSPS) is 27.2. The minimum absolute atomic E-state index is 0.151. The van der Waals surface area contributed by atoms with E-state index in [1.54, 1.807) is 10.8 Å². The number of aromatic nitrogens is 3. The van der Waals surface area contributed by atoms with E-state index >= 15 is 0 Å². The first kappa shape index (κ1) is 12.8. The lowest BCUT2D eigenvalue weighted by atomic mass is 10.2. The standard InChI is InChI=1S/C11H12BrN3O4/c12-6-2-15(9-8(6)10(18)14-4-13-9)11-7(17)1-5(3-16)19-11/h2,4-5,7,11,16-17H,1,3H2,(H,13,14,18)/t5-,7+,11+/m0/s1. The minimum Gasteiger partial charge on any atom is -0.394 e. The monoisotopic (exact) mass is 329 g/mol. The van der Waals surface area contributed by atoms with Gasteiger partial charge >= 0.3 is 0 Å². The number of nitrogens with one attached hydrogen (secondary N) is 1. The highest BCUT2D eigenvalue weighted by molar-refractivity contribution is 9.10. The molecule has 0 spiro atoms. The zero-order valence-corrected chi connectivity index (χ0v) is 11.4. The lowest BCUT2D eigenvalue weighted by Crippen LogP contribution is -2.19. The Morgan fingerprint density at radius 2 is 2.42 bits per heavy atom. The van der Waals surface area contributed by atoms with Gasteiger partial charge in [-0.15, -0.1) is 0 Å². The highest BCUT2D eigenvalue weighted by Gasteiger charge is 2.36. The summed E-state index contributed by atoms with van der Waals surface area (Å²) >= 11 is 3.30. The molecule has 1 saturated heterocycles. The van der Waals surface area contributed by atoms with E-state index in [4.69, 9.17) is 9.84 Å². The topological polar surface area (TPSA) is 100 Å². The number of hydrogen-bond donors (Lipinski definition) is 3. The van der Waals surface area contributed by atoms with Gasteiger partial charge < -0.3 is 24.5 Å². The summed E-state index contributed by atoms with van der Waals surface area (Å²) in [7, 11) is 0. The summed E-state index contributed by atoms with van der Waals surface area (Å²) in [5.41, 5.74) is 0.167. The Labute approximate surface area is 116 Å². The quantitative estimate of drug-likeness (QED) is 0.727. The molecule has 3 rings (SSSR count). The van der Waals surface area contributed by atoms with Crippen molar-refractivity contribution in [3.63, 3.8) is 0 Å². The summed E-state index contributed by atoms with van der Waals surface area (Å²) < 4.78 is 7.75. The van der Waals surface area contributed by atoms with E-state index in [1.165, 1.54) is 6.33 Å². The van der Waals surface area contributed by atoms with Crippen molar-refractivity contribution in [1.29, 1.82) is 0 Å². The number of ether oxygens (including phenoxy) is 1. The van der Waals surface area contributed by atoms with Crippen LogP contribution in [0.15, 0.2) is 21.8 Å². The summed E-state index contributed by atoms with van der Waals surface area (Å²) in [6.07, 6.45) is 1.50. The van der Waals surface area contributed by atoms with Gasteiger partial charge in [-0.05, 0) is 15.9 Å². The van der Waals surface area contributed by atoms with E-state index < -0.39 is 18.4 Å².